The Balaban J connectivity index is 0.964. The van der Waals surface area contributed by atoms with Gasteiger partial charge in [-0.25, -0.2) is 0 Å². The molecule has 282 valence electrons. The summed E-state index contributed by atoms with van der Waals surface area (Å²) in [7, 11) is 0. The summed E-state index contributed by atoms with van der Waals surface area (Å²) < 4.78 is 0. The van der Waals surface area contributed by atoms with E-state index in [9.17, 15) is 0 Å². The first-order valence-electron chi connectivity index (χ1n) is 24.4. The fourth-order valence-corrected chi connectivity index (χ4v) is 17.9. The zero-order valence-electron chi connectivity index (χ0n) is 32.8. The Hall–Kier alpha value is -0.0800. The Morgan fingerprint density at radius 1 is 0.220 bits per heavy atom. The van der Waals surface area contributed by atoms with E-state index in [0.29, 0.717) is 0 Å². The van der Waals surface area contributed by atoms with Gasteiger partial charge in [0.25, 0.3) is 0 Å². The van der Waals surface area contributed by atoms with Gasteiger partial charge in [0.1, 0.15) is 0 Å². The van der Waals surface area contributed by atoms with Gasteiger partial charge in [-0.05, 0) is 162 Å². The molecule has 0 N–H and O–H groups in total. The summed E-state index contributed by atoms with van der Waals surface area (Å²) in [5.41, 5.74) is 0. The largest absolute Gasteiger partial charge is 0.294 e. The van der Waals surface area contributed by atoms with Gasteiger partial charge in [0.15, 0.2) is 0 Å². The van der Waals surface area contributed by atoms with Gasteiger partial charge >= 0.3 is 0 Å². The first kappa shape index (κ1) is 34.4. The Morgan fingerprint density at radius 2 is 0.580 bits per heavy atom. The van der Waals surface area contributed by atoms with Gasteiger partial charge in [0.05, 0.1) is 0 Å². The lowest BCUT2D eigenvalue weighted by Gasteiger charge is -2.65. The predicted molar refractivity (Wildman–Crippen MR) is 209 cm³/mol. The molecule has 0 amide bonds. The van der Waals surface area contributed by atoms with E-state index in [2.05, 4.69) is 9.80 Å². The SMILES string of the molecule is C1CCC(N(C2CCCC3CCCCC32)C2CCC3CCC4C5C(CCC2C35)CCC4N(C2CCCCC2)C2CCCC3CCCCC32)CC1. The lowest BCUT2D eigenvalue weighted by Crippen LogP contribution is -2.65. The van der Waals surface area contributed by atoms with Crippen LogP contribution in [0.1, 0.15) is 205 Å². The molecule has 10 rings (SSSR count). The Labute approximate surface area is 309 Å². The minimum Gasteiger partial charge on any atom is -0.294 e. The van der Waals surface area contributed by atoms with Crippen LogP contribution in [0, 0.1) is 59.2 Å². The second-order valence-corrected chi connectivity index (χ2v) is 21.3. The Kier molecular flexibility index (Phi) is 10.5. The lowest BCUT2D eigenvalue weighted by atomic mass is 9.46. The molecular formula is C48H80N2. The van der Waals surface area contributed by atoms with E-state index < -0.39 is 0 Å². The van der Waals surface area contributed by atoms with Crippen LogP contribution in [0.15, 0.2) is 0 Å². The van der Waals surface area contributed by atoms with E-state index >= 15 is 0 Å². The van der Waals surface area contributed by atoms with Crippen molar-refractivity contribution in [2.75, 3.05) is 0 Å². The van der Waals surface area contributed by atoms with E-state index in [0.717, 1.165) is 95.4 Å². The maximum atomic E-state index is 3.48. The van der Waals surface area contributed by atoms with Crippen molar-refractivity contribution in [2.24, 2.45) is 59.2 Å². The van der Waals surface area contributed by atoms with Crippen molar-refractivity contribution in [3.8, 4) is 0 Å². The average Bonchev–Trinajstić information content (AvgIpc) is 3.19. The van der Waals surface area contributed by atoms with Crippen LogP contribution >= 0.6 is 0 Å². The Morgan fingerprint density at radius 3 is 1.04 bits per heavy atom. The van der Waals surface area contributed by atoms with Crippen molar-refractivity contribution in [1.29, 1.82) is 0 Å². The van der Waals surface area contributed by atoms with Crippen LogP contribution in [0.5, 0.6) is 0 Å². The van der Waals surface area contributed by atoms with Crippen molar-refractivity contribution in [2.45, 2.75) is 242 Å². The first-order valence-corrected chi connectivity index (χ1v) is 24.4. The van der Waals surface area contributed by atoms with E-state index in [1.54, 1.807) is 167 Å². The normalized spacial score (nSPS) is 48.8. The molecule has 0 radical (unpaired) electrons. The number of fused-ring (bicyclic) bond motifs is 2. The topological polar surface area (TPSA) is 6.48 Å². The average molecular weight is 685 g/mol. The van der Waals surface area contributed by atoms with Crippen LogP contribution in [0.4, 0.5) is 0 Å². The van der Waals surface area contributed by atoms with Gasteiger partial charge in [-0.3, -0.25) is 9.80 Å². The fraction of sp³-hybridized carbons (Fsp3) is 1.00. The molecule has 10 fully saturated rings. The molecule has 0 aromatic rings. The minimum absolute atomic E-state index is 0.934. The summed E-state index contributed by atoms with van der Waals surface area (Å²) in [6, 6.07) is 5.66. The van der Waals surface area contributed by atoms with Gasteiger partial charge in [-0.2, -0.15) is 0 Å². The van der Waals surface area contributed by atoms with Gasteiger partial charge in [-0.15, -0.1) is 0 Å². The molecule has 14 unspecified atom stereocenters. The molecule has 14 atom stereocenters. The molecule has 0 bridgehead atoms. The molecule has 0 spiro atoms. The van der Waals surface area contributed by atoms with Gasteiger partial charge < -0.3 is 0 Å². The molecule has 0 saturated heterocycles. The van der Waals surface area contributed by atoms with Crippen LogP contribution in [-0.2, 0) is 0 Å². The zero-order valence-corrected chi connectivity index (χ0v) is 32.8. The summed E-state index contributed by atoms with van der Waals surface area (Å²) in [6.07, 6.45) is 50.0. The minimum atomic E-state index is 0.934. The molecule has 50 heavy (non-hydrogen) atoms. The van der Waals surface area contributed by atoms with Crippen molar-refractivity contribution < 1.29 is 0 Å². The van der Waals surface area contributed by atoms with Crippen molar-refractivity contribution in [3.63, 3.8) is 0 Å². The third kappa shape index (κ3) is 6.25. The number of hydrogen-bond acceptors (Lipinski definition) is 2. The molecule has 0 aliphatic heterocycles. The maximum Gasteiger partial charge on any atom is 0.0132 e. The molecule has 2 heteroatoms. The number of rotatable bonds is 6. The molecule has 0 heterocycles. The third-order valence-corrected chi connectivity index (χ3v) is 19.5. The quantitative estimate of drug-likeness (QED) is 0.275. The first-order chi connectivity index (χ1) is 24.8. The van der Waals surface area contributed by atoms with Crippen LogP contribution in [0.2, 0.25) is 0 Å². The van der Waals surface area contributed by atoms with E-state index in [-0.39, 0.29) is 0 Å². The van der Waals surface area contributed by atoms with E-state index in [1.807, 2.05) is 0 Å². The van der Waals surface area contributed by atoms with Crippen LogP contribution < -0.4 is 0 Å². The molecule has 0 aromatic carbocycles. The molecule has 10 aliphatic carbocycles. The highest BCUT2D eigenvalue weighted by Crippen LogP contribution is 2.63. The Bertz CT molecular complexity index is 1020. The fourth-order valence-electron chi connectivity index (χ4n) is 17.9. The van der Waals surface area contributed by atoms with Crippen molar-refractivity contribution in [3.05, 3.63) is 0 Å². The number of nitrogens with zero attached hydrogens (tertiary/aromatic N) is 2. The monoisotopic (exact) mass is 685 g/mol. The number of hydrogen-bond donors (Lipinski definition) is 0. The van der Waals surface area contributed by atoms with Gasteiger partial charge in [0.2, 0.25) is 0 Å². The molecule has 2 nitrogen and oxygen atoms in total. The highest BCUT2D eigenvalue weighted by atomic mass is 15.2. The predicted octanol–water partition coefficient (Wildman–Crippen LogP) is 12.6. The van der Waals surface area contributed by atoms with E-state index in [1.165, 1.54) is 38.5 Å². The smallest absolute Gasteiger partial charge is 0.0132 e. The maximum absolute atomic E-state index is 3.48. The van der Waals surface area contributed by atoms with Crippen molar-refractivity contribution >= 4 is 0 Å². The standard InChI is InChI=1S/C48H80N2/c1-3-17-37(18-4-1)49(43-23-11-15-33-13-7-9-21-39(33)43)45-31-27-35-26-30-42-46(32-28-36-25-29-41(45)47(35)48(36)42)50(38-19-5-2-6-20-38)44-24-12-16-34-14-8-10-22-40(34)44/h33-48H,1-32H2. The van der Waals surface area contributed by atoms with Gasteiger partial charge in [0, 0.05) is 36.3 Å². The summed E-state index contributed by atoms with van der Waals surface area (Å²) >= 11 is 0. The second kappa shape index (κ2) is 15.2. The van der Waals surface area contributed by atoms with E-state index in [4.69, 9.17) is 0 Å². The molecule has 10 saturated carbocycles. The highest BCUT2D eigenvalue weighted by molar-refractivity contribution is 5.10. The molecular weight excluding hydrogens is 605 g/mol. The van der Waals surface area contributed by atoms with Crippen LogP contribution in [0.25, 0.3) is 0 Å². The molecule has 0 aromatic heterocycles. The van der Waals surface area contributed by atoms with Crippen molar-refractivity contribution in [1.82, 2.24) is 9.80 Å². The zero-order chi connectivity index (χ0) is 33.0. The summed E-state index contributed by atoms with van der Waals surface area (Å²) in [4.78, 5) is 6.96. The summed E-state index contributed by atoms with van der Waals surface area (Å²) in [5, 5.41) is 0. The lowest BCUT2D eigenvalue weighted by molar-refractivity contribution is -0.157. The third-order valence-electron chi connectivity index (χ3n) is 19.5. The van der Waals surface area contributed by atoms with Crippen LogP contribution in [0.3, 0.4) is 0 Å². The molecule has 10 aliphatic rings. The van der Waals surface area contributed by atoms with Gasteiger partial charge in [-0.1, -0.05) is 103 Å². The van der Waals surface area contributed by atoms with Crippen LogP contribution in [-0.4, -0.2) is 46.1 Å². The second-order valence-electron chi connectivity index (χ2n) is 21.3. The summed E-state index contributed by atoms with van der Waals surface area (Å²) in [6.45, 7) is 0. The summed E-state index contributed by atoms with van der Waals surface area (Å²) in [5.74, 6) is 10.7. The highest BCUT2D eigenvalue weighted by Gasteiger charge is 2.59.